The fraction of sp³-hybridized carbons (Fsp3) is 0.529. The molecule has 1 saturated carbocycles. The van der Waals surface area contributed by atoms with Crippen molar-refractivity contribution in [1.29, 1.82) is 0 Å². The lowest BCUT2D eigenvalue weighted by atomic mass is 9.35. The Kier molecular flexibility index (Phi) is 10.9. The second-order valence-electron chi connectivity index (χ2n) is 30.0. The van der Waals surface area contributed by atoms with E-state index in [1.807, 2.05) is 0 Å². The maximum Gasteiger partial charge on any atom is 0.259 e. The van der Waals surface area contributed by atoms with E-state index in [-0.39, 0.29) is 50.0 Å². The molecule has 4 heteroatoms. The molecule has 72 heavy (non-hydrogen) atoms. The van der Waals surface area contributed by atoms with Gasteiger partial charge in [0.2, 0.25) is 0 Å². The Morgan fingerprint density at radius 3 is 1.71 bits per heavy atom. The van der Waals surface area contributed by atoms with Gasteiger partial charge in [-0.25, -0.2) is 0 Å². The number of benzene rings is 5. The van der Waals surface area contributed by atoms with Gasteiger partial charge >= 0.3 is 0 Å². The van der Waals surface area contributed by atoms with Crippen LogP contribution in [0.4, 0.5) is 28.4 Å². The molecule has 1 fully saturated rings. The van der Waals surface area contributed by atoms with Crippen molar-refractivity contribution >= 4 is 57.8 Å². The fourth-order valence-corrected chi connectivity index (χ4v) is 16.8. The summed E-state index contributed by atoms with van der Waals surface area (Å²) in [5.41, 5.74) is 26.3. The molecular weight excluding hydrogens is 888 g/mol. The van der Waals surface area contributed by atoms with Gasteiger partial charge in [0.05, 0.1) is 5.69 Å². The highest BCUT2D eigenvalue weighted by Crippen LogP contribution is 2.67. The lowest BCUT2D eigenvalue weighted by molar-refractivity contribution is 0.0881. The van der Waals surface area contributed by atoms with Gasteiger partial charge in [-0.2, -0.15) is 0 Å². The summed E-state index contributed by atoms with van der Waals surface area (Å²) in [5.74, 6) is 0.371. The van der Waals surface area contributed by atoms with Crippen molar-refractivity contribution in [3.63, 3.8) is 0 Å². The molecule has 0 radical (unpaired) electrons. The number of rotatable bonds is 3. The van der Waals surface area contributed by atoms with E-state index in [4.69, 9.17) is 0 Å². The Morgan fingerprint density at radius 1 is 0.528 bits per heavy atom. The van der Waals surface area contributed by atoms with Crippen LogP contribution in [-0.2, 0) is 32.5 Å². The number of hydrogen-bond acceptors (Lipinski definition) is 3. The SMILES string of the molecule is Cc1cc2c3c(c1)N(c1ccc(C(C)(C)C)cc1)c1c(ccc4c1C(C)(C)CCC4(C)C)B3C1=C(C3C(S1)C(C)(C)CCC3(C)C)N2c1c(C)cc(C(C)(C)C)cc1-c1ccc2c(c1)C(C)(C)CCC2(C)C. The second-order valence-corrected chi connectivity index (χ2v) is 31.2. The van der Waals surface area contributed by atoms with Crippen LogP contribution in [0.2, 0.25) is 0 Å². The third-order valence-corrected chi connectivity index (χ3v) is 21.6. The maximum atomic E-state index is 2.92. The molecule has 2 unspecified atom stereocenters. The Labute approximate surface area is 441 Å². The molecule has 2 atom stereocenters. The molecule has 2 nitrogen and oxygen atoms in total. The summed E-state index contributed by atoms with van der Waals surface area (Å²) in [6.45, 7) is 49.6. The predicted octanol–water partition coefficient (Wildman–Crippen LogP) is 18.1. The quantitative estimate of drug-likeness (QED) is 0.166. The Hall–Kier alpha value is -4.15. The first-order valence-corrected chi connectivity index (χ1v) is 28.9. The van der Waals surface area contributed by atoms with Gasteiger partial charge in [-0.1, -0.05) is 173 Å². The molecule has 6 aliphatic rings. The minimum atomic E-state index is -0.0225. The molecule has 0 aromatic heterocycles. The molecule has 3 aliphatic carbocycles. The first-order chi connectivity index (χ1) is 33.3. The van der Waals surface area contributed by atoms with Crippen LogP contribution in [-0.4, -0.2) is 12.0 Å². The first-order valence-electron chi connectivity index (χ1n) is 28.0. The standard InChI is InChI=1S/C68H87BN2S/c1-40-35-51-55-52(36-40)71(56-41(2)37-44(62(6,7)8)39-46(56)42-21-26-47-49(38-42)65(13,14)30-29-63(47,9)10)58-54-59(68(19,20)34-33-67(54,17)18)72-60(58)69(55)50-28-27-48-53(66(15,16)32-31-64(48,11)12)57(50)70(51)45-24-22-43(23-25-45)61(3,4)5/h21-28,35-39,54,59H,29-34H2,1-20H3. The van der Waals surface area contributed by atoms with E-state index in [0.29, 0.717) is 11.2 Å². The molecule has 3 heterocycles. The van der Waals surface area contributed by atoms with E-state index in [9.17, 15) is 0 Å². The van der Waals surface area contributed by atoms with Gasteiger partial charge < -0.3 is 9.80 Å². The summed E-state index contributed by atoms with van der Waals surface area (Å²) in [6, 6.07) is 32.9. The average Bonchev–Trinajstić information content (AvgIpc) is 3.71. The minimum Gasteiger partial charge on any atom is -0.313 e. The molecular formula is C68H87BN2S. The van der Waals surface area contributed by atoms with E-state index in [1.54, 1.807) is 16.1 Å². The van der Waals surface area contributed by atoms with E-state index in [1.165, 1.54) is 128 Å². The van der Waals surface area contributed by atoms with E-state index in [0.717, 1.165) is 0 Å². The Bertz CT molecular complexity index is 3120. The highest BCUT2D eigenvalue weighted by atomic mass is 32.2. The van der Waals surface area contributed by atoms with Crippen LogP contribution >= 0.6 is 11.8 Å². The topological polar surface area (TPSA) is 6.48 Å². The molecule has 0 spiro atoms. The van der Waals surface area contributed by atoms with E-state index >= 15 is 0 Å². The summed E-state index contributed by atoms with van der Waals surface area (Å²) < 4.78 is 0. The normalized spacial score (nSPS) is 23.7. The van der Waals surface area contributed by atoms with Gasteiger partial charge in [-0.15, -0.1) is 11.8 Å². The van der Waals surface area contributed by atoms with Crippen molar-refractivity contribution in [2.75, 3.05) is 9.80 Å². The first kappa shape index (κ1) is 50.0. The highest BCUT2D eigenvalue weighted by Gasteiger charge is 2.60. The fourth-order valence-electron chi connectivity index (χ4n) is 14.8. The monoisotopic (exact) mass is 975 g/mol. The van der Waals surface area contributed by atoms with Crippen LogP contribution in [0.25, 0.3) is 11.1 Å². The highest BCUT2D eigenvalue weighted by molar-refractivity contribution is 8.06. The van der Waals surface area contributed by atoms with Crippen molar-refractivity contribution in [3.05, 3.63) is 134 Å². The lowest BCUT2D eigenvalue weighted by Crippen LogP contribution is -2.57. The zero-order chi connectivity index (χ0) is 52.0. The van der Waals surface area contributed by atoms with Gasteiger partial charge in [0.25, 0.3) is 6.71 Å². The molecule has 0 amide bonds. The molecule has 3 aliphatic heterocycles. The third kappa shape index (κ3) is 7.45. The van der Waals surface area contributed by atoms with Crippen molar-refractivity contribution in [2.24, 2.45) is 16.7 Å². The van der Waals surface area contributed by atoms with Crippen LogP contribution < -0.4 is 20.7 Å². The number of fused-ring (bicyclic) bond motifs is 8. The lowest BCUT2D eigenvalue weighted by Gasteiger charge is -2.52. The van der Waals surface area contributed by atoms with Crippen molar-refractivity contribution in [2.45, 2.75) is 215 Å². The third-order valence-electron chi connectivity index (χ3n) is 19.8. The summed E-state index contributed by atoms with van der Waals surface area (Å²) in [4.78, 5) is 7.28. The molecule has 0 N–H and O–H groups in total. The van der Waals surface area contributed by atoms with Crippen molar-refractivity contribution in [3.8, 4) is 11.1 Å². The van der Waals surface area contributed by atoms with Crippen LogP contribution in [0.1, 0.15) is 208 Å². The van der Waals surface area contributed by atoms with Crippen LogP contribution in [0.5, 0.6) is 0 Å². The van der Waals surface area contributed by atoms with Crippen molar-refractivity contribution < 1.29 is 0 Å². The maximum absolute atomic E-state index is 2.92. The van der Waals surface area contributed by atoms with E-state index < -0.39 is 0 Å². The molecule has 0 bridgehead atoms. The molecule has 378 valence electrons. The number of allylic oxidation sites excluding steroid dienone is 1. The van der Waals surface area contributed by atoms with Crippen LogP contribution in [0.3, 0.4) is 0 Å². The number of thioether (sulfide) groups is 1. The van der Waals surface area contributed by atoms with E-state index in [2.05, 4.69) is 239 Å². The van der Waals surface area contributed by atoms with Gasteiger partial charge in [0.15, 0.2) is 0 Å². The smallest absolute Gasteiger partial charge is 0.259 e. The number of anilines is 5. The Morgan fingerprint density at radius 2 is 1.08 bits per heavy atom. The Balaban J connectivity index is 1.28. The summed E-state index contributed by atoms with van der Waals surface area (Å²) in [6.07, 6.45) is 7.24. The zero-order valence-corrected chi connectivity index (χ0v) is 49.1. The van der Waals surface area contributed by atoms with Gasteiger partial charge in [-0.3, -0.25) is 0 Å². The van der Waals surface area contributed by atoms with Crippen LogP contribution in [0.15, 0.2) is 89.4 Å². The van der Waals surface area contributed by atoms with Gasteiger partial charge in [-0.05, 0) is 192 Å². The van der Waals surface area contributed by atoms with Gasteiger partial charge in [0, 0.05) is 45.2 Å². The summed E-state index contributed by atoms with van der Waals surface area (Å²) in [7, 11) is 0. The minimum absolute atomic E-state index is 0.00211. The summed E-state index contributed by atoms with van der Waals surface area (Å²) >= 11 is 2.28. The largest absolute Gasteiger partial charge is 0.313 e. The molecule has 11 rings (SSSR count). The average molecular weight is 975 g/mol. The predicted molar refractivity (Wildman–Crippen MR) is 316 cm³/mol. The number of aryl methyl sites for hydroxylation is 2. The molecule has 5 aromatic rings. The second kappa shape index (κ2) is 15.7. The number of hydrogen-bond donors (Lipinski definition) is 0. The molecule has 0 saturated heterocycles. The summed E-state index contributed by atoms with van der Waals surface area (Å²) in [5, 5.41) is 0.455. The number of nitrogens with zero attached hydrogens (tertiary/aromatic N) is 2. The van der Waals surface area contributed by atoms with Crippen LogP contribution in [0, 0.1) is 30.6 Å². The zero-order valence-electron chi connectivity index (χ0n) is 48.3. The van der Waals surface area contributed by atoms with Gasteiger partial charge in [0.1, 0.15) is 0 Å². The van der Waals surface area contributed by atoms with Crippen molar-refractivity contribution in [1.82, 2.24) is 0 Å². The molecule has 5 aromatic carbocycles.